The molecule has 9 nitrogen and oxygen atoms in total. The van der Waals surface area contributed by atoms with Crippen LogP contribution in [-0.4, -0.2) is 29.3 Å². The number of rotatable bonds is 4. The highest BCUT2D eigenvalue weighted by atomic mass is 16.6. The van der Waals surface area contributed by atoms with E-state index < -0.39 is 28.4 Å². The Morgan fingerprint density at radius 1 is 1.32 bits per heavy atom. The van der Waals surface area contributed by atoms with Crippen LogP contribution < -0.4 is 5.32 Å². The smallest absolute Gasteiger partial charge is 0.340 e. The number of nitro groups is 1. The van der Waals surface area contributed by atoms with Gasteiger partial charge in [0.15, 0.2) is 6.10 Å². The molecule has 9 heteroatoms. The third-order valence-electron chi connectivity index (χ3n) is 4.91. The number of carbonyl (C=O) groups is 2. The molecule has 0 spiro atoms. The van der Waals surface area contributed by atoms with Crippen LogP contribution in [0.4, 0.5) is 5.69 Å². The molecule has 2 N–H and O–H groups in total. The number of nitrogens with one attached hydrogen (secondary N) is 2. The number of carbonyl (C=O) groups excluding carboxylic acids is 2. The van der Waals surface area contributed by atoms with Crippen LogP contribution in [0.2, 0.25) is 0 Å². The highest BCUT2D eigenvalue weighted by Gasteiger charge is 2.60. The molecule has 2 aromatic carbocycles. The van der Waals surface area contributed by atoms with E-state index in [4.69, 9.17) is 14.9 Å². The second-order valence-electron chi connectivity index (χ2n) is 6.38. The predicted molar refractivity (Wildman–Crippen MR) is 96.0 cm³/mol. The standard InChI is InChI=1S/C19H15N3O6/c1-2-27-18(24)19(14-6-4-3-5-12(14)17(23)21-19)15-11-8-7-10(22(25)26)9-13(11)16(20)28-15/h3-9,15,20H,2H2,1H3,(H,21,23)/t15-,19-/m1/s1. The summed E-state index contributed by atoms with van der Waals surface area (Å²) in [6, 6.07) is 10.5. The van der Waals surface area contributed by atoms with Gasteiger partial charge in [-0.3, -0.25) is 20.3 Å². The van der Waals surface area contributed by atoms with Gasteiger partial charge in [-0.25, -0.2) is 4.79 Å². The number of hydrogen-bond donors (Lipinski definition) is 2. The van der Waals surface area contributed by atoms with Crippen molar-refractivity contribution in [3.8, 4) is 0 Å². The topological polar surface area (TPSA) is 132 Å². The van der Waals surface area contributed by atoms with E-state index in [-0.39, 0.29) is 23.8 Å². The molecule has 0 saturated carbocycles. The normalized spacial score (nSPS) is 22.1. The fraction of sp³-hybridized carbons (Fsp3) is 0.211. The molecule has 4 rings (SSSR count). The number of fused-ring (bicyclic) bond motifs is 2. The molecule has 2 aromatic rings. The Balaban J connectivity index is 1.93. The molecular weight excluding hydrogens is 366 g/mol. The Labute approximate surface area is 158 Å². The molecule has 2 aliphatic heterocycles. The minimum atomic E-state index is -1.70. The second kappa shape index (κ2) is 6.15. The molecule has 0 aromatic heterocycles. The van der Waals surface area contributed by atoms with Crippen LogP contribution in [0, 0.1) is 15.5 Å². The Morgan fingerprint density at radius 2 is 2.07 bits per heavy atom. The summed E-state index contributed by atoms with van der Waals surface area (Å²) in [5.74, 6) is -1.50. The summed E-state index contributed by atoms with van der Waals surface area (Å²) in [5.41, 5.74) is -0.628. The van der Waals surface area contributed by atoms with E-state index in [0.717, 1.165) is 0 Å². The molecule has 1 amide bonds. The van der Waals surface area contributed by atoms with Gasteiger partial charge in [0.25, 0.3) is 11.6 Å². The van der Waals surface area contributed by atoms with Crippen molar-refractivity contribution in [3.05, 3.63) is 74.8 Å². The summed E-state index contributed by atoms with van der Waals surface area (Å²) in [4.78, 5) is 36.1. The van der Waals surface area contributed by atoms with Gasteiger partial charge >= 0.3 is 5.97 Å². The fourth-order valence-electron chi connectivity index (χ4n) is 3.71. The maximum Gasteiger partial charge on any atom is 0.340 e. The van der Waals surface area contributed by atoms with Crippen LogP contribution in [0.5, 0.6) is 0 Å². The molecule has 2 heterocycles. The minimum Gasteiger partial charge on any atom is -0.466 e. The zero-order valence-corrected chi connectivity index (χ0v) is 14.7. The third-order valence-corrected chi connectivity index (χ3v) is 4.91. The lowest BCUT2D eigenvalue weighted by Gasteiger charge is -2.33. The van der Waals surface area contributed by atoms with E-state index in [1.165, 1.54) is 18.2 Å². The number of ether oxygens (including phenoxy) is 2. The largest absolute Gasteiger partial charge is 0.466 e. The third kappa shape index (κ3) is 2.29. The number of amides is 1. The van der Waals surface area contributed by atoms with E-state index in [1.807, 2.05) is 0 Å². The molecule has 0 aliphatic carbocycles. The number of nitrogens with zero attached hydrogens (tertiary/aromatic N) is 1. The molecule has 0 fully saturated rings. The highest BCUT2D eigenvalue weighted by Crippen LogP contribution is 2.48. The average Bonchev–Trinajstić information content (AvgIpc) is 3.18. The Kier molecular flexibility index (Phi) is 3.88. The van der Waals surface area contributed by atoms with Crippen LogP contribution in [-0.2, 0) is 19.8 Å². The van der Waals surface area contributed by atoms with Crippen LogP contribution in [0.1, 0.15) is 40.1 Å². The molecule has 0 saturated heterocycles. The van der Waals surface area contributed by atoms with Crippen molar-refractivity contribution >= 4 is 23.5 Å². The van der Waals surface area contributed by atoms with Crippen LogP contribution >= 0.6 is 0 Å². The number of esters is 1. The monoisotopic (exact) mass is 381 g/mol. The summed E-state index contributed by atoms with van der Waals surface area (Å²) < 4.78 is 10.9. The van der Waals surface area contributed by atoms with E-state index in [9.17, 15) is 19.7 Å². The van der Waals surface area contributed by atoms with Crippen molar-refractivity contribution in [2.24, 2.45) is 0 Å². The Bertz CT molecular complexity index is 1050. The Morgan fingerprint density at radius 3 is 2.79 bits per heavy atom. The maximum absolute atomic E-state index is 13.1. The first-order valence-corrected chi connectivity index (χ1v) is 8.53. The zero-order valence-electron chi connectivity index (χ0n) is 14.7. The van der Waals surface area contributed by atoms with Gasteiger partial charge in [0, 0.05) is 34.4 Å². The molecular formula is C19H15N3O6. The van der Waals surface area contributed by atoms with E-state index >= 15 is 0 Å². The summed E-state index contributed by atoms with van der Waals surface area (Å²) >= 11 is 0. The van der Waals surface area contributed by atoms with Gasteiger partial charge in [-0.15, -0.1) is 0 Å². The van der Waals surface area contributed by atoms with Gasteiger partial charge in [0.1, 0.15) is 0 Å². The first-order valence-electron chi connectivity index (χ1n) is 8.53. The number of nitro benzene ring substituents is 1. The second-order valence-corrected chi connectivity index (χ2v) is 6.38. The van der Waals surface area contributed by atoms with Crippen LogP contribution in [0.25, 0.3) is 0 Å². The van der Waals surface area contributed by atoms with Gasteiger partial charge < -0.3 is 14.8 Å². The van der Waals surface area contributed by atoms with Crippen molar-refractivity contribution < 1.29 is 24.0 Å². The van der Waals surface area contributed by atoms with E-state index in [0.29, 0.717) is 16.7 Å². The molecule has 28 heavy (non-hydrogen) atoms. The van der Waals surface area contributed by atoms with Crippen LogP contribution in [0.3, 0.4) is 0 Å². The highest BCUT2D eigenvalue weighted by molar-refractivity contribution is 6.07. The zero-order chi connectivity index (χ0) is 20.1. The molecule has 0 radical (unpaired) electrons. The summed E-state index contributed by atoms with van der Waals surface area (Å²) in [6.07, 6.45) is -1.09. The van der Waals surface area contributed by atoms with Gasteiger partial charge in [0.05, 0.1) is 11.5 Å². The minimum absolute atomic E-state index is 0.0793. The molecule has 0 unspecified atom stereocenters. The van der Waals surface area contributed by atoms with Gasteiger partial charge in [-0.05, 0) is 19.1 Å². The summed E-state index contributed by atoms with van der Waals surface area (Å²) in [7, 11) is 0. The van der Waals surface area contributed by atoms with Gasteiger partial charge in [-0.2, -0.15) is 0 Å². The summed E-state index contributed by atoms with van der Waals surface area (Å²) in [5, 5.41) is 21.9. The predicted octanol–water partition coefficient (Wildman–Crippen LogP) is 2.19. The Hall–Kier alpha value is -3.75. The van der Waals surface area contributed by atoms with Gasteiger partial charge in [0.2, 0.25) is 11.4 Å². The number of non-ortho nitro benzene ring substituents is 1. The molecule has 2 atom stereocenters. The van der Waals surface area contributed by atoms with E-state index in [2.05, 4.69) is 5.32 Å². The van der Waals surface area contributed by atoms with Crippen molar-refractivity contribution in [3.63, 3.8) is 0 Å². The van der Waals surface area contributed by atoms with E-state index in [1.54, 1.807) is 31.2 Å². The SMILES string of the molecule is CCOC(=O)[C@@]1([C@@H]2OC(=N)c3cc([N+](=O)[O-])ccc32)NC(=O)c2ccccc21. The van der Waals surface area contributed by atoms with Gasteiger partial charge in [-0.1, -0.05) is 18.2 Å². The maximum atomic E-state index is 13.1. The number of hydrogen-bond acceptors (Lipinski definition) is 7. The quantitative estimate of drug-likeness (QED) is 0.474. The summed E-state index contributed by atoms with van der Waals surface area (Å²) in [6.45, 7) is 1.72. The fourth-order valence-corrected chi connectivity index (χ4v) is 3.71. The number of benzene rings is 2. The van der Waals surface area contributed by atoms with Crippen molar-refractivity contribution in [2.75, 3.05) is 6.61 Å². The lowest BCUT2D eigenvalue weighted by Crippen LogP contribution is -2.52. The first kappa shape index (κ1) is 17.7. The van der Waals surface area contributed by atoms with Crippen molar-refractivity contribution in [1.29, 1.82) is 5.41 Å². The molecule has 0 bridgehead atoms. The van der Waals surface area contributed by atoms with Crippen LogP contribution in [0.15, 0.2) is 42.5 Å². The first-order chi connectivity index (χ1) is 13.4. The lowest BCUT2D eigenvalue weighted by molar-refractivity contribution is -0.384. The van der Waals surface area contributed by atoms with Crippen molar-refractivity contribution in [1.82, 2.24) is 5.32 Å². The van der Waals surface area contributed by atoms with Crippen molar-refractivity contribution in [2.45, 2.75) is 18.6 Å². The lowest BCUT2D eigenvalue weighted by atomic mass is 9.81. The molecule has 142 valence electrons. The molecule has 2 aliphatic rings. The average molecular weight is 381 g/mol.